The first kappa shape index (κ1) is 24.1. The quantitative estimate of drug-likeness (QED) is 0.463. The molecule has 2 heterocycles. The molecule has 0 amide bonds. The number of rotatable bonds is 6. The van der Waals surface area contributed by atoms with Gasteiger partial charge in [-0.1, -0.05) is 25.0 Å². The van der Waals surface area contributed by atoms with Crippen LogP contribution >= 0.6 is 31.1 Å². The van der Waals surface area contributed by atoms with Gasteiger partial charge in [0.05, 0.1) is 10.6 Å². The van der Waals surface area contributed by atoms with E-state index in [0.717, 1.165) is 29.9 Å². The fraction of sp³-hybridized carbons (Fsp3) is 0.739. The molecule has 0 spiro atoms. The molecule has 8 heteroatoms. The van der Waals surface area contributed by atoms with Crippen LogP contribution in [-0.4, -0.2) is 49.6 Å². The monoisotopic (exact) mass is 485 g/mol. The van der Waals surface area contributed by atoms with Gasteiger partial charge in [0.25, 0.3) is 7.59 Å². The fourth-order valence-corrected chi connectivity index (χ4v) is 12.6. The van der Waals surface area contributed by atoms with Gasteiger partial charge in [0, 0.05) is 24.2 Å². The lowest BCUT2D eigenvalue weighted by Gasteiger charge is -2.40. The van der Waals surface area contributed by atoms with E-state index in [4.69, 9.17) is 0 Å². The smallest absolute Gasteiger partial charge is 0.270 e. The highest BCUT2D eigenvalue weighted by atomic mass is 32.2. The summed E-state index contributed by atoms with van der Waals surface area (Å²) >= 11 is 3.89. The molecule has 1 aromatic rings. The molecule has 0 unspecified atom stereocenters. The summed E-state index contributed by atoms with van der Waals surface area (Å²) in [5.74, 6) is 2.01. The second-order valence-electron chi connectivity index (χ2n) is 9.53. The van der Waals surface area contributed by atoms with Gasteiger partial charge in [-0.2, -0.15) is 0 Å². The first-order valence-electron chi connectivity index (χ1n) is 11.8. The highest BCUT2D eigenvalue weighted by molar-refractivity contribution is 8.17. The molecule has 1 N–H and O–H groups in total. The SMILES string of the molecule is CC(C)N1[C@@H]2CCCC[C@H]2N(C(C)C)P1(=O)N[C@H](c1ccc(F)cc1)C1SCCCS1. The van der Waals surface area contributed by atoms with Gasteiger partial charge in [0.2, 0.25) is 0 Å². The van der Waals surface area contributed by atoms with Crippen LogP contribution in [0.1, 0.15) is 71.4 Å². The van der Waals surface area contributed by atoms with Gasteiger partial charge in [0.15, 0.2) is 0 Å². The third-order valence-corrected chi connectivity index (χ3v) is 13.2. The normalized spacial score (nSPS) is 28.9. The Morgan fingerprint density at radius 2 is 1.45 bits per heavy atom. The van der Waals surface area contributed by atoms with Crippen LogP contribution in [0.2, 0.25) is 0 Å². The molecule has 3 aliphatic rings. The number of hydrogen-bond donors (Lipinski definition) is 1. The summed E-state index contributed by atoms with van der Waals surface area (Å²) in [5, 5.41) is 3.76. The number of nitrogens with zero attached hydrogens (tertiary/aromatic N) is 2. The van der Waals surface area contributed by atoms with E-state index in [1.807, 2.05) is 35.7 Å². The zero-order valence-electron chi connectivity index (χ0n) is 19.2. The van der Waals surface area contributed by atoms with Gasteiger partial charge >= 0.3 is 0 Å². The van der Waals surface area contributed by atoms with Crippen molar-refractivity contribution in [1.82, 2.24) is 14.4 Å². The van der Waals surface area contributed by atoms with Gasteiger partial charge in [-0.25, -0.2) is 18.8 Å². The van der Waals surface area contributed by atoms with Crippen molar-refractivity contribution >= 4 is 31.1 Å². The molecule has 31 heavy (non-hydrogen) atoms. The predicted molar refractivity (Wildman–Crippen MR) is 133 cm³/mol. The molecule has 1 aliphatic carbocycles. The maximum Gasteiger partial charge on any atom is 0.285 e. The number of fused-ring (bicyclic) bond motifs is 1. The zero-order valence-corrected chi connectivity index (χ0v) is 21.7. The van der Waals surface area contributed by atoms with Gasteiger partial charge < -0.3 is 0 Å². The van der Waals surface area contributed by atoms with E-state index in [-0.39, 0.29) is 28.5 Å². The standard InChI is InChI=1S/C23H37FN3OPS2/c1-16(2)26-20-8-5-6-9-21(20)27(17(3)4)29(26,28)25-22(23-30-14-7-15-31-23)18-10-12-19(24)13-11-18/h10-13,16-17,20-23H,5-9,14-15H2,1-4H3,(H,25,28)/t20-,21-,22-/m1/s1. The van der Waals surface area contributed by atoms with Crippen LogP contribution in [0.3, 0.4) is 0 Å². The maximum atomic E-state index is 15.1. The molecule has 4 rings (SSSR count). The van der Waals surface area contributed by atoms with Crippen molar-refractivity contribution in [3.63, 3.8) is 0 Å². The van der Waals surface area contributed by atoms with E-state index in [9.17, 15) is 4.39 Å². The Balaban J connectivity index is 1.74. The second kappa shape index (κ2) is 10.1. The van der Waals surface area contributed by atoms with Gasteiger partial charge in [-0.05, 0) is 76.2 Å². The van der Waals surface area contributed by atoms with Crippen molar-refractivity contribution < 1.29 is 8.96 Å². The highest BCUT2D eigenvalue weighted by Crippen LogP contribution is 2.64. The van der Waals surface area contributed by atoms with Crippen molar-refractivity contribution in [1.29, 1.82) is 0 Å². The maximum absolute atomic E-state index is 15.1. The summed E-state index contributed by atoms with van der Waals surface area (Å²) in [6.07, 6.45) is 5.87. The number of benzene rings is 1. The molecular formula is C23H37FN3OPS2. The Morgan fingerprint density at radius 1 is 0.935 bits per heavy atom. The molecule has 2 aliphatic heterocycles. The fourth-order valence-electron chi connectivity index (χ4n) is 5.60. The summed E-state index contributed by atoms with van der Waals surface area (Å²) in [4.78, 5) is 0. The molecule has 3 fully saturated rings. The average Bonchev–Trinajstić information content (AvgIpc) is 3.01. The first-order valence-corrected chi connectivity index (χ1v) is 15.5. The van der Waals surface area contributed by atoms with Crippen LogP contribution in [0.15, 0.2) is 24.3 Å². The molecule has 4 nitrogen and oxygen atoms in total. The number of thioether (sulfide) groups is 2. The molecule has 1 aromatic carbocycles. The van der Waals surface area contributed by atoms with Crippen LogP contribution in [0, 0.1) is 5.82 Å². The molecule has 2 saturated heterocycles. The van der Waals surface area contributed by atoms with Crippen molar-refractivity contribution in [2.24, 2.45) is 0 Å². The van der Waals surface area contributed by atoms with Gasteiger partial charge in [-0.3, -0.25) is 4.57 Å². The van der Waals surface area contributed by atoms with Crippen molar-refractivity contribution in [2.75, 3.05) is 11.5 Å². The summed E-state index contributed by atoms with van der Waals surface area (Å²) in [7, 11) is -3.01. The lowest BCUT2D eigenvalue weighted by atomic mass is 9.89. The van der Waals surface area contributed by atoms with E-state index in [0.29, 0.717) is 12.1 Å². The minimum atomic E-state index is -3.01. The van der Waals surface area contributed by atoms with Crippen LogP contribution in [0.4, 0.5) is 4.39 Å². The van der Waals surface area contributed by atoms with E-state index < -0.39 is 7.59 Å². The minimum Gasteiger partial charge on any atom is -0.270 e. The predicted octanol–water partition coefficient (Wildman–Crippen LogP) is 6.51. The van der Waals surface area contributed by atoms with E-state index in [1.54, 1.807) is 0 Å². The van der Waals surface area contributed by atoms with Crippen molar-refractivity contribution in [3.8, 4) is 0 Å². The second-order valence-corrected chi connectivity index (χ2v) is 14.6. The number of halogens is 1. The zero-order chi connectivity index (χ0) is 22.2. The summed E-state index contributed by atoms with van der Waals surface area (Å²) in [6.45, 7) is 8.73. The molecule has 1 saturated carbocycles. The molecule has 3 atom stereocenters. The summed E-state index contributed by atoms with van der Waals surface area (Å²) in [6, 6.07) is 7.82. The van der Waals surface area contributed by atoms with Crippen LogP contribution in [-0.2, 0) is 4.57 Å². The lowest BCUT2D eigenvalue weighted by Crippen LogP contribution is -2.43. The Labute approximate surface area is 196 Å². The summed E-state index contributed by atoms with van der Waals surface area (Å²) in [5.41, 5.74) is 1.03. The Bertz CT molecular complexity index is 760. The highest BCUT2D eigenvalue weighted by Gasteiger charge is 2.57. The molecule has 0 bridgehead atoms. The Hall–Kier alpha value is -0.0400. The van der Waals surface area contributed by atoms with Crippen molar-refractivity contribution in [3.05, 3.63) is 35.6 Å². The molecular weight excluding hydrogens is 448 g/mol. The lowest BCUT2D eigenvalue weighted by molar-refractivity contribution is 0.173. The molecule has 174 valence electrons. The third-order valence-electron chi connectivity index (χ3n) is 6.72. The van der Waals surface area contributed by atoms with Gasteiger partial charge in [-0.15, -0.1) is 23.5 Å². The molecule has 0 radical (unpaired) electrons. The van der Waals surface area contributed by atoms with Gasteiger partial charge in [0.1, 0.15) is 5.82 Å². The first-order chi connectivity index (χ1) is 14.8. The Morgan fingerprint density at radius 3 is 1.94 bits per heavy atom. The summed E-state index contributed by atoms with van der Waals surface area (Å²) < 4.78 is 33.7. The third kappa shape index (κ3) is 4.79. The largest absolute Gasteiger partial charge is 0.285 e. The van der Waals surface area contributed by atoms with Crippen LogP contribution in [0.25, 0.3) is 0 Å². The topological polar surface area (TPSA) is 35.6 Å². The Kier molecular flexibility index (Phi) is 7.82. The van der Waals surface area contributed by atoms with E-state index in [1.165, 1.54) is 31.4 Å². The van der Waals surface area contributed by atoms with Crippen LogP contribution in [0.5, 0.6) is 0 Å². The van der Waals surface area contributed by atoms with E-state index in [2.05, 4.69) is 42.1 Å². The van der Waals surface area contributed by atoms with Crippen LogP contribution < -0.4 is 5.09 Å². The van der Waals surface area contributed by atoms with E-state index >= 15 is 4.57 Å². The number of hydrogen-bond acceptors (Lipinski definition) is 3. The molecule has 0 aromatic heterocycles. The average molecular weight is 486 g/mol. The minimum absolute atomic E-state index is 0.0793. The van der Waals surface area contributed by atoms with Crippen molar-refractivity contribution in [2.45, 2.75) is 94.6 Å². The number of nitrogens with one attached hydrogen (secondary N) is 1.